The van der Waals surface area contributed by atoms with E-state index in [1.165, 1.54) is 32.2 Å². The largest absolute Gasteiger partial charge is 0.325 e. The Morgan fingerprint density at radius 3 is 2.71 bits per heavy atom. The van der Waals surface area contributed by atoms with Crippen LogP contribution >= 0.6 is 0 Å². The minimum Gasteiger partial charge on any atom is -0.325 e. The number of hydrogen-bond donors (Lipinski definition) is 1. The molecule has 0 amide bonds. The summed E-state index contributed by atoms with van der Waals surface area (Å²) in [6.07, 6.45) is 5.64. The lowest BCUT2D eigenvalue weighted by atomic mass is 10.1. The highest BCUT2D eigenvalue weighted by Crippen LogP contribution is 2.25. The first-order valence-corrected chi connectivity index (χ1v) is 6.61. The van der Waals surface area contributed by atoms with Crippen molar-refractivity contribution in [3.8, 4) is 0 Å². The van der Waals surface area contributed by atoms with E-state index in [9.17, 15) is 0 Å². The lowest BCUT2D eigenvalue weighted by molar-refractivity contribution is 0.268. The highest BCUT2D eigenvalue weighted by atomic mass is 15.1. The van der Waals surface area contributed by atoms with Crippen LogP contribution in [0, 0.1) is 5.92 Å². The normalized spacial score (nSPS) is 16.9. The molecule has 3 heteroatoms. The third-order valence-corrected chi connectivity index (χ3v) is 3.55. The van der Waals surface area contributed by atoms with E-state index in [0.717, 1.165) is 23.9 Å². The Bertz CT molecular complexity index is 345. The standard InChI is InChI=1S/C14H23N3/c1-17(10-12-5-2-3-6-12)11-14-8-4-7-13(9-15)16-14/h4,7-8,12H,2-3,5-6,9-11,15H2,1H3. The lowest BCUT2D eigenvalue weighted by Gasteiger charge is -2.20. The van der Waals surface area contributed by atoms with Gasteiger partial charge in [0.25, 0.3) is 0 Å². The average molecular weight is 233 g/mol. The molecule has 0 aromatic carbocycles. The average Bonchev–Trinajstić information content (AvgIpc) is 2.82. The summed E-state index contributed by atoms with van der Waals surface area (Å²) in [6, 6.07) is 6.12. The molecule has 0 spiro atoms. The van der Waals surface area contributed by atoms with E-state index >= 15 is 0 Å². The molecule has 17 heavy (non-hydrogen) atoms. The third-order valence-electron chi connectivity index (χ3n) is 3.55. The summed E-state index contributed by atoms with van der Waals surface area (Å²) in [6.45, 7) is 2.67. The van der Waals surface area contributed by atoms with Gasteiger partial charge in [-0.2, -0.15) is 0 Å². The Labute approximate surface area is 104 Å². The molecular weight excluding hydrogens is 210 g/mol. The Balaban J connectivity index is 1.85. The summed E-state index contributed by atoms with van der Waals surface area (Å²) in [5, 5.41) is 0. The monoisotopic (exact) mass is 233 g/mol. The Hall–Kier alpha value is -0.930. The second kappa shape index (κ2) is 6.12. The highest BCUT2D eigenvalue weighted by Gasteiger charge is 2.16. The maximum atomic E-state index is 5.61. The van der Waals surface area contributed by atoms with Gasteiger partial charge < -0.3 is 10.6 Å². The molecular formula is C14H23N3. The van der Waals surface area contributed by atoms with Crippen molar-refractivity contribution in [3.05, 3.63) is 29.6 Å². The van der Waals surface area contributed by atoms with Gasteiger partial charge >= 0.3 is 0 Å². The summed E-state index contributed by atoms with van der Waals surface area (Å²) in [5.41, 5.74) is 7.72. The van der Waals surface area contributed by atoms with Gasteiger partial charge in [0.2, 0.25) is 0 Å². The zero-order chi connectivity index (χ0) is 12.1. The van der Waals surface area contributed by atoms with Crippen molar-refractivity contribution in [1.82, 2.24) is 9.88 Å². The van der Waals surface area contributed by atoms with Crippen LogP contribution in [0.5, 0.6) is 0 Å². The molecule has 2 rings (SSSR count). The van der Waals surface area contributed by atoms with Crippen LogP contribution in [0.2, 0.25) is 0 Å². The van der Waals surface area contributed by atoms with Crippen molar-refractivity contribution in [3.63, 3.8) is 0 Å². The Morgan fingerprint density at radius 1 is 1.29 bits per heavy atom. The number of nitrogens with zero attached hydrogens (tertiary/aromatic N) is 2. The number of nitrogens with two attached hydrogens (primary N) is 1. The molecule has 1 aromatic heterocycles. The molecule has 1 fully saturated rings. The maximum absolute atomic E-state index is 5.61. The first kappa shape index (κ1) is 12.5. The second-order valence-electron chi connectivity index (χ2n) is 5.17. The van der Waals surface area contributed by atoms with Crippen LogP contribution in [0.4, 0.5) is 0 Å². The van der Waals surface area contributed by atoms with Crippen LogP contribution < -0.4 is 5.73 Å². The fraction of sp³-hybridized carbons (Fsp3) is 0.643. The van der Waals surface area contributed by atoms with Crippen molar-refractivity contribution in [2.75, 3.05) is 13.6 Å². The van der Waals surface area contributed by atoms with Crippen molar-refractivity contribution in [2.45, 2.75) is 38.8 Å². The molecule has 1 aliphatic carbocycles. The van der Waals surface area contributed by atoms with Crippen LogP contribution in [-0.4, -0.2) is 23.5 Å². The number of pyridine rings is 1. The maximum Gasteiger partial charge on any atom is 0.0547 e. The SMILES string of the molecule is CN(Cc1cccc(CN)n1)CC1CCCC1. The van der Waals surface area contributed by atoms with Crippen LogP contribution in [0.3, 0.4) is 0 Å². The van der Waals surface area contributed by atoms with Gasteiger partial charge in [-0.1, -0.05) is 18.9 Å². The number of aromatic nitrogens is 1. The quantitative estimate of drug-likeness (QED) is 0.847. The molecule has 1 saturated carbocycles. The van der Waals surface area contributed by atoms with Crippen molar-refractivity contribution < 1.29 is 0 Å². The van der Waals surface area contributed by atoms with Gasteiger partial charge in [-0.3, -0.25) is 4.98 Å². The second-order valence-corrected chi connectivity index (χ2v) is 5.17. The first-order chi connectivity index (χ1) is 8.28. The molecule has 1 aromatic rings. The smallest absolute Gasteiger partial charge is 0.0547 e. The first-order valence-electron chi connectivity index (χ1n) is 6.61. The predicted octanol–water partition coefficient (Wildman–Crippen LogP) is 2.16. The zero-order valence-corrected chi connectivity index (χ0v) is 10.7. The van der Waals surface area contributed by atoms with Gasteiger partial charge in [0.15, 0.2) is 0 Å². The topological polar surface area (TPSA) is 42.1 Å². The Morgan fingerprint density at radius 2 is 2.00 bits per heavy atom. The van der Waals surface area contributed by atoms with E-state index in [2.05, 4.69) is 23.0 Å². The van der Waals surface area contributed by atoms with Gasteiger partial charge in [0.1, 0.15) is 0 Å². The lowest BCUT2D eigenvalue weighted by Crippen LogP contribution is -2.24. The fourth-order valence-electron chi connectivity index (χ4n) is 2.71. The van der Waals surface area contributed by atoms with Crippen molar-refractivity contribution in [2.24, 2.45) is 11.7 Å². The van der Waals surface area contributed by atoms with Crippen molar-refractivity contribution >= 4 is 0 Å². The molecule has 94 valence electrons. The Kier molecular flexibility index (Phi) is 4.51. The molecule has 3 nitrogen and oxygen atoms in total. The van der Waals surface area contributed by atoms with Gasteiger partial charge in [-0.25, -0.2) is 0 Å². The fourth-order valence-corrected chi connectivity index (χ4v) is 2.71. The van der Waals surface area contributed by atoms with Crippen LogP contribution in [-0.2, 0) is 13.1 Å². The van der Waals surface area contributed by atoms with E-state index in [1.807, 2.05) is 12.1 Å². The summed E-state index contributed by atoms with van der Waals surface area (Å²) in [5.74, 6) is 0.901. The summed E-state index contributed by atoms with van der Waals surface area (Å²) in [7, 11) is 2.19. The predicted molar refractivity (Wildman–Crippen MR) is 70.4 cm³/mol. The van der Waals surface area contributed by atoms with E-state index in [-0.39, 0.29) is 0 Å². The van der Waals surface area contributed by atoms with Gasteiger partial charge in [0, 0.05) is 19.6 Å². The zero-order valence-electron chi connectivity index (χ0n) is 10.7. The summed E-state index contributed by atoms with van der Waals surface area (Å²) < 4.78 is 0. The molecule has 0 unspecified atom stereocenters. The van der Waals surface area contributed by atoms with Crippen LogP contribution in [0.1, 0.15) is 37.1 Å². The van der Waals surface area contributed by atoms with Gasteiger partial charge in [0.05, 0.1) is 11.4 Å². The molecule has 0 radical (unpaired) electrons. The van der Waals surface area contributed by atoms with Crippen LogP contribution in [0.15, 0.2) is 18.2 Å². The van der Waals surface area contributed by atoms with E-state index < -0.39 is 0 Å². The molecule has 0 atom stereocenters. The molecule has 1 heterocycles. The molecule has 0 aliphatic heterocycles. The molecule has 2 N–H and O–H groups in total. The molecule has 0 saturated heterocycles. The summed E-state index contributed by atoms with van der Waals surface area (Å²) in [4.78, 5) is 6.93. The van der Waals surface area contributed by atoms with Gasteiger partial charge in [-0.05, 0) is 37.9 Å². The minimum atomic E-state index is 0.528. The number of rotatable bonds is 5. The molecule has 1 aliphatic rings. The van der Waals surface area contributed by atoms with E-state index in [0.29, 0.717) is 6.54 Å². The molecule has 0 bridgehead atoms. The van der Waals surface area contributed by atoms with Crippen molar-refractivity contribution in [1.29, 1.82) is 0 Å². The number of hydrogen-bond acceptors (Lipinski definition) is 3. The van der Waals surface area contributed by atoms with Crippen LogP contribution in [0.25, 0.3) is 0 Å². The van der Waals surface area contributed by atoms with E-state index in [4.69, 9.17) is 5.73 Å². The van der Waals surface area contributed by atoms with Gasteiger partial charge in [-0.15, -0.1) is 0 Å². The minimum absolute atomic E-state index is 0.528. The summed E-state index contributed by atoms with van der Waals surface area (Å²) >= 11 is 0. The third kappa shape index (κ3) is 3.79. The van der Waals surface area contributed by atoms with E-state index in [1.54, 1.807) is 0 Å². The highest BCUT2D eigenvalue weighted by molar-refractivity contribution is 5.10.